The van der Waals surface area contributed by atoms with E-state index in [0.29, 0.717) is 4.80 Å². The fraction of sp³-hybridized carbons (Fsp3) is 0.211. The van der Waals surface area contributed by atoms with Crippen LogP contribution in [-0.2, 0) is 25.9 Å². The first-order chi connectivity index (χ1) is 13.7. The van der Waals surface area contributed by atoms with Crippen molar-refractivity contribution >= 4 is 59.2 Å². The lowest BCUT2D eigenvalue weighted by Crippen LogP contribution is -2.23. The summed E-state index contributed by atoms with van der Waals surface area (Å²) >= 11 is 4.66. The van der Waals surface area contributed by atoms with E-state index in [2.05, 4.69) is 20.9 Å². The zero-order valence-corrected chi connectivity index (χ0v) is 18.8. The third-order valence-corrected chi connectivity index (χ3v) is 6.59. The van der Waals surface area contributed by atoms with Gasteiger partial charge in [-0.25, -0.2) is 8.42 Å². The number of halogens is 1. The molecular formula is C19H17BrN2O5S2. The standard InChI is InChI=1S/C19H17BrN2O5S2/c1-3-27-17(23)11-22-15-8-7-13(20)10-16(15)28-19(22)21-18(24)12-5-4-6-14(9-12)29(2,25)26/h4-10H,3,11H2,1-2H3. The maximum atomic E-state index is 12.7. The van der Waals surface area contributed by atoms with Gasteiger partial charge in [0.15, 0.2) is 14.6 Å². The summed E-state index contributed by atoms with van der Waals surface area (Å²) in [5, 5.41) is 0. The van der Waals surface area contributed by atoms with Gasteiger partial charge >= 0.3 is 5.97 Å². The summed E-state index contributed by atoms with van der Waals surface area (Å²) in [6.45, 7) is 1.87. The molecule has 0 radical (unpaired) electrons. The molecule has 1 heterocycles. The van der Waals surface area contributed by atoms with E-state index in [1.165, 1.54) is 35.6 Å². The van der Waals surface area contributed by atoms with E-state index in [4.69, 9.17) is 4.74 Å². The number of thiazole rings is 1. The van der Waals surface area contributed by atoms with Crippen LogP contribution >= 0.6 is 27.3 Å². The number of rotatable bonds is 5. The minimum atomic E-state index is -3.45. The summed E-state index contributed by atoms with van der Waals surface area (Å²) < 4.78 is 31.8. The van der Waals surface area contributed by atoms with Crippen molar-refractivity contribution < 1.29 is 22.7 Å². The van der Waals surface area contributed by atoms with Crippen molar-refractivity contribution in [2.24, 2.45) is 4.99 Å². The molecule has 2 aromatic carbocycles. The van der Waals surface area contributed by atoms with Crippen LogP contribution in [-0.4, -0.2) is 37.7 Å². The van der Waals surface area contributed by atoms with Gasteiger partial charge in [0.05, 0.1) is 21.7 Å². The van der Waals surface area contributed by atoms with Crippen LogP contribution in [0, 0.1) is 0 Å². The molecule has 0 bridgehead atoms. The molecule has 0 aliphatic rings. The zero-order chi connectivity index (χ0) is 21.2. The van der Waals surface area contributed by atoms with E-state index >= 15 is 0 Å². The third kappa shape index (κ3) is 5.01. The lowest BCUT2D eigenvalue weighted by atomic mass is 10.2. The molecule has 7 nitrogen and oxygen atoms in total. The molecule has 0 N–H and O–H groups in total. The lowest BCUT2D eigenvalue weighted by Gasteiger charge is -2.05. The van der Waals surface area contributed by atoms with E-state index in [1.807, 2.05) is 18.2 Å². The van der Waals surface area contributed by atoms with Crippen LogP contribution in [0.15, 0.2) is 56.8 Å². The number of carbonyl (C=O) groups excluding carboxylic acids is 2. The Bertz CT molecular complexity index is 1280. The Hall–Kier alpha value is -2.30. The van der Waals surface area contributed by atoms with Gasteiger partial charge in [0.25, 0.3) is 5.91 Å². The van der Waals surface area contributed by atoms with Gasteiger partial charge in [-0.3, -0.25) is 9.59 Å². The van der Waals surface area contributed by atoms with Crippen molar-refractivity contribution in [3.05, 3.63) is 57.3 Å². The zero-order valence-electron chi connectivity index (χ0n) is 15.6. The molecule has 152 valence electrons. The van der Waals surface area contributed by atoms with Gasteiger partial charge in [-0.05, 0) is 43.3 Å². The fourth-order valence-electron chi connectivity index (χ4n) is 2.63. The highest BCUT2D eigenvalue weighted by molar-refractivity contribution is 9.10. The summed E-state index contributed by atoms with van der Waals surface area (Å²) in [4.78, 5) is 29.3. The van der Waals surface area contributed by atoms with Gasteiger partial charge in [0.1, 0.15) is 6.54 Å². The van der Waals surface area contributed by atoms with Gasteiger partial charge in [0.2, 0.25) is 0 Å². The van der Waals surface area contributed by atoms with Gasteiger partial charge in [0, 0.05) is 16.3 Å². The smallest absolute Gasteiger partial charge is 0.326 e. The Balaban J connectivity index is 2.11. The first-order valence-electron chi connectivity index (χ1n) is 8.52. The van der Waals surface area contributed by atoms with E-state index in [1.54, 1.807) is 11.5 Å². The highest BCUT2D eigenvalue weighted by Gasteiger charge is 2.15. The summed E-state index contributed by atoms with van der Waals surface area (Å²) in [6, 6.07) is 11.2. The minimum absolute atomic E-state index is 0.0400. The van der Waals surface area contributed by atoms with Crippen molar-refractivity contribution in [1.82, 2.24) is 4.57 Å². The highest BCUT2D eigenvalue weighted by Crippen LogP contribution is 2.22. The molecule has 0 atom stereocenters. The maximum Gasteiger partial charge on any atom is 0.326 e. The summed E-state index contributed by atoms with van der Waals surface area (Å²) in [6.07, 6.45) is 1.07. The second-order valence-electron chi connectivity index (χ2n) is 6.10. The van der Waals surface area contributed by atoms with Crippen molar-refractivity contribution in [2.75, 3.05) is 12.9 Å². The molecular weight excluding hydrogens is 480 g/mol. The van der Waals surface area contributed by atoms with Crippen LogP contribution in [0.4, 0.5) is 0 Å². The average molecular weight is 497 g/mol. The Kier molecular flexibility index (Phi) is 6.35. The maximum absolute atomic E-state index is 12.7. The molecule has 3 rings (SSSR count). The largest absolute Gasteiger partial charge is 0.465 e. The molecule has 10 heteroatoms. The van der Waals surface area contributed by atoms with Gasteiger partial charge in [-0.1, -0.05) is 33.3 Å². The fourth-order valence-corrected chi connectivity index (χ4v) is 4.88. The normalized spacial score (nSPS) is 12.3. The number of nitrogens with zero attached hydrogens (tertiary/aromatic N) is 2. The summed E-state index contributed by atoms with van der Waals surface area (Å²) in [5.74, 6) is -1.04. The molecule has 0 saturated carbocycles. The molecule has 0 unspecified atom stereocenters. The highest BCUT2D eigenvalue weighted by atomic mass is 79.9. The molecule has 3 aromatic rings. The molecule has 0 aliphatic carbocycles. The number of esters is 1. The number of amides is 1. The first-order valence-corrected chi connectivity index (χ1v) is 12.0. The van der Waals surface area contributed by atoms with Crippen molar-refractivity contribution in [3.63, 3.8) is 0 Å². The topological polar surface area (TPSA) is 94.8 Å². The molecule has 0 fully saturated rings. The Morgan fingerprint density at radius 1 is 1.21 bits per heavy atom. The number of benzene rings is 2. The van der Waals surface area contributed by atoms with E-state index in [-0.39, 0.29) is 23.6 Å². The van der Waals surface area contributed by atoms with Crippen LogP contribution in [0.3, 0.4) is 0 Å². The third-order valence-electron chi connectivity index (χ3n) is 3.94. The second-order valence-corrected chi connectivity index (χ2v) is 10.0. The summed E-state index contributed by atoms with van der Waals surface area (Å²) in [5.41, 5.74) is 0.886. The van der Waals surface area contributed by atoms with Crippen molar-refractivity contribution in [2.45, 2.75) is 18.4 Å². The minimum Gasteiger partial charge on any atom is -0.465 e. The SMILES string of the molecule is CCOC(=O)Cn1c(=NC(=O)c2cccc(S(C)(=O)=O)c2)sc2cc(Br)ccc21. The molecule has 1 aromatic heterocycles. The quantitative estimate of drug-likeness (QED) is 0.505. The molecule has 29 heavy (non-hydrogen) atoms. The van der Waals surface area contributed by atoms with Gasteiger partial charge < -0.3 is 9.30 Å². The number of hydrogen-bond donors (Lipinski definition) is 0. The van der Waals surface area contributed by atoms with Crippen molar-refractivity contribution in [1.29, 1.82) is 0 Å². The first kappa shape index (κ1) is 21.4. The van der Waals surface area contributed by atoms with Crippen LogP contribution in [0.25, 0.3) is 10.2 Å². The van der Waals surface area contributed by atoms with Gasteiger partial charge in [-0.2, -0.15) is 4.99 Å². The predicted molar refractivity (Wildman–Crippen MR) is 114 cm³/mol. The molecule has 0 saturated heterocycles. The Morgan fingerprint density at radius 3 is 2.66 bits per heavy atom. The number of fused-ring (bicyclic) bond motifs is 1. The Morgan fingerprint density at radius 2 is 1.97 bits per heavy atom. The molecule has 0 spiro atoms. The average Bonchev–Trinajstić information content (AvgIpc) is 2.97. The number of ether oxygens (including phenoxy) is 1. The molecule has 1 amide bonds. The summed E-state index contributed by atoms with van der Waals surface area (Å²) in [7, 11) is -3.45. The van der Waals surface area contributed by atoms with Gasteiger partial charge in [-0.15, -0.1) is 0 Å². The van der Waals surface area contributed by atoms with E-state index < -0.39 is 21.7 Å². The van der Waals surface area contributed by atoms with Crippen LogP contribution in [0.2, 0.25) is 0 Å². The van der Waals surface area contributed by atoms with Crippen LogP contribution < -0.4 is 4.80 Å². The van der Waals surface area contributed by atoms with Crippen molar-refractivity contribution in [3.8, 4) is 0 Å². The predicted octanol–water partition coefficient (Wildman–Crippen LogP) is 3.17. The number of hydrogen-bond acceptors (Lipinski definition) is 6. The van der Waals surface area contributed by atoms with E-state index in [0.717, 1.165) is 20.9 Å². The number of carbonyl (C=O) groups is 2. The van der Waals surface area contributed by atoms with Crippen LogP contribution in [0.5, 0.6) is 0 Å². The monoisotopic (exact) mass is 496 g/mol. The Labute approximate surface area is 179 Å². The molecule has 0 aliphatic heterocycles. The lowest BCUT2D eigenvalue weighted by molar-refractivity contribution is -0.143. The number of aromatic nitrogens is 1. The van der Waals surface area contributed by atoms with Crippen LogP contribution in [0.1, 0.15) is 17.3 Å². The second kappa shape index (κ2) is 8.60. The number of sulfone groups is 1. The van der Waals surface area contributed by atoms with E-state index in [9.17, 15) is 18.0 Å².